The number of anilines is 1. The number of rotatable bonds is 3. The summed E-state index contributed by atoms with van der Waals surface area (Å²) in [4.78, 5) is 11.1. The van der Waals surface area contributed by atoms with Gasteiger partial charge < -0.3 is 10.5 Å². The monoisotopic (exact) mass is 380 g/mol. The zero-order chi connectivity index (χ0) is 15.8. The van der Waals surface area contributed by atoms with Crippen LogP contribution in [0.3, 0.4) is 0 Å². The van der Waals surface area contributed by atoms with Gasteiger partial charge in [0, 0.05) is 12.2 Å². The summed E-state index contributed by atoms with van der Waals surface area (Å²) in [5.74, 6) is -1.58. The normalized spacial score (nSPS) is 19.7. The lowest BCUT2D eigenvalue weighted by Gasteiger charge is -2.22. The van der Waals surface area contributed by atoms with Crippen molar-refractivity contribution >= 4 is 37.6 Å². The van der Waals surface area contributed by atoms with Crippen molar-refractivity contribution in [3.8, 4) is 0 Å². The molecule has 0 radical (unpaired) electrons. The van der Waals surface area contributed by atoms with Gasteiger partial charge in [-0.2, -0.15) is 4.31 Å². The van der Waals surface area contributed by atoms with E-state index >= 15 is 0 Å². The van der Waals surface area contributed by atoms with Gasteiger partial charge in [0.15, 0.2) is 5.82 Å². The van der Waals surface area contributed by atoms with E-state index in [1.807, 2.05) is 0 Å². The number of carbonyl (C=O) groups excluding carboxylic acids is 1. The van der Waals surface area contributed by atoms with Crippen LogP contribution in [0, 0.1) is 5.82 Å². The quantitative estimate of drug-likeness (QED) is 0.633. The molecule has 0 aliphatic carbocycles. The Morgan fingerprint density at radius 1 is 1.52 bits per heavy atom. The van der Waals surface area contributed by atoms with Gasteiger partial charge in [0.1, 0.15) is 10.9 Å². The molecule has 1 saturated heterocycles. The molecule has 1 heterocycles. The zero-order valence-corrected chi connectivity index (χ0v) is 13.6. The molecule has 21 heavy (non-hydrogen) atoms. The Morgan fingerprint density at radius 2 is 2.19 bits per heavy atom. The van der Waals surface area contributed by atoms with Crippen molar-refractivity contribution in [2.45, 2.75) is 23.8 Å². The third kappa shape index (κ3) is 2.90. The average Bonchev–Trinajstić information content (AvgIpc) is 2.91. The highest BCUT2D eigenvalue weighted by Gasteiger charge is 2.41. The summed E-state index contributed by atoms with van der Waals surface area (Å²) in [5, 5.41) is 0. The molecule has 1 fully saturated rings. The first-order valence-electron chi connectivity index (χ1n) is 6.13. The van der Waals surface area contributed by atoms with Gasteiger partial charge in [-0.1, -0.05) is 0 Å². The van der Waals surface area contributed by atoms with Gasteiger partial charge in [-0.15, -0.1) is 0 Å². The van der Waals surface area contributed by atoms with Crippen LogP contribution < -0.4 is 5.73 Å². The Morgan fingerprint density at radius 3 is 2.81 bits per heavy atom. The first kappa shape index (κ1) is 16.2. The zero-order valence-electron chi connectivity index (χ0n) is 11.2. The second kappa shape index (κ2) is 5.90. The lowest BCUT2D eigenvalue weighted by Crippen LogP contribution is -2.41. The highest BCUT2D eigenvalue weighted by molar-refractivity contribution is 9.10. The lowest BCUT2D eigenvalue weighted by atomic mass is 10.2. The van der Waals surface area contributed by atoms with Crippen molar-refractivity contribution in [2.24, 2.45) is 0 Å². The van der Waals surface area contributed by atoms with Crippen LogP contribution in [-0.2, 0) is 19.6 Å². The maximum absolute atomic E-state index is 14.1. The number of nitrogens with two attached hydrogens (primary N) is 1. The van der Waals surface area contributed by atoms with E-state index in [0.717, 1.165) is 10.4 Å². The molecule has 1 atom stereocenters. The Bertz CT molecular complexity index is 680. The molecular weight excluding hydrogens is 367 g/mol. The maximum atomic E-state index is 14.1. The fourth-order valence-electron chi connectivity index (χ4n) is 2.30. The van der Waals surface area contributed by atoms with Gasteiger partial charge in [-0.25, -0.2) is 12.8 Å². The van der Waals surface area contributed by atoms with Crippen molar-refractivity contribution in [1.82, 2.24) is 4.31 Å². The maximum Gasteiger partial charge on any atom is 0.324 e. The van der Waals surface area contributed by atoms with Crippen LogP contribution in [0.2, 0.25) is 0 Å². The summed E-state index contributed by atoms with van der Waals surface area (Å²) >= 11 is 2.93. The van der Waals surface area contributed by atoms with E-state index in [2.05, 4.69) is 20.7 Å². The number of carbonyl (C=O) groups is 1. The van der Waals surface area contributed by atoms with Crippen LogP contribution >= 0.6 is 15.9 Å². The van der Waals surface area contributed by atoms with E-state index in [0.29, 0.717) is 12.8 Å². The van der Waals surface area contributed by atoms with Gasteiger partial charge in [-0.05, 0) is 40.9 Å². The van der Waals surface area contributed by atoms with Crippen molar-refractivity contribution in [3.63, 3.8) is 0 Å². The molecule has 2 N–H and O–H groups in total. The second-order valence-electron chi connectivity index (χ2n) is 4.61. The van der Waals surface area contributed by atoms with E-state index in [4.69, 9.17) is 5.73 Å². The molecule has 2 rings (SSSR count). The molecule has 1 unspecified atom stereocenters. The molecule has 0 bridgehead atoms. The van der Waals surface area contributed by atoms with Crippen molar-refractivity contribution in [3.05, 3.63) is 22.4 Å². The van der Waals surface area contributed by atoms with E-state index in [9.17, 15) is 17.6 Å². The molecule has 0 spiro atoms. The van der Waals surface area contributed by atoms with Crippen LogP contribution in [0.15, 0.2) is 21.5 Å². The van der Waals surface area contributed by atoms with Gasteiger partial charge >= 0.3 is 5.97 Å². The number of nitrogen functional groups attached to an aromatic ring is 1. The Labute approximate surface area is 130 Å². The number of methoxy groups -OCH3 is 1. The molecule has 9 heteroatoms. The van der Waals surface area contributed by atoms with Crippen molar-refractivity contribution < 1.29 is 22.3 Å². The Hall–Kier alpha value is -1.19. The molecule has 1 aromatic carbocycles. The molecular formula is C12H14BrFN2O4S. The summed E-state index contributed by atoms with van der Waals surface area (Å²) in [6.45, 7) is 0.133. The van der Waals surface area contributed by atoms with Crippen molar-refractivity contribution in [2.75, 3.05) is 19.4 Å². The highest BCUT2D eigenvalue weighted by atomic mass is 79.9. The number of sulfonamides is 1. The van der Waals surface area contributed by atoms with E-state index < -0.39 is 32.7 Å². The molecule has 1 aliphatic heterocycles. The number of hydrogen-bond acceptors (Lipinski definition) is 5. The highest BCUT2D eigenvalue weighted by Crippen LogP contribution is 2.32. The van der Waals surface area contributed by atoms with Crippen LogP contribution in [0.1, 0.15) is 12.8 Å². The van der Waals surface area contributed by atoms with Gasteiger partial charge in [0.05, 0.1) is 11.6 Å². The predicted molar refractivity (Wildman–Crippen MR) is 77.4 cm³/mol. The minimum absolute atomic E-state index is 0.0464. The van der Waals surface area contributed by atoms with Crippen LogP contribution in [0.5, 0.6) is 0 Å². The summed E-state index contributed by atoms with van der Waals surface area (Å²) in [6, 6.07) is 1.39. The predicted octanol–water partition coefficient (Wildman–Crippen LogP) is 1.50. The third-order valence-electron chi connectivity index (χ3n) is 3.28. The Kier molecular flexibility index (Phi) is 4.54. The lowest BCUT2D eigenvalue weighted by molar-refractivity contribution is -0.144. The fraction of sp³-hybridized carbons (Fsp3) is 0.417. The minimum Gasteiger partial charge on any atom is -0.468 e. The molecule has 1 aromatic rings. The number of benzene rings is 1. The summed E-state index contributed by atoms with van der Waals surface area (Å²) in [7, 11) is -2.99. The molecule has 0 aromatic heterocycles. The van der Waals surface area contributed by atoms with Crippen LogP contribution in [0.25, 0.3) is 0 Å². The Balaban J connectivity index is 2.50. The SMILES string of the molecule is COC(=O)C1CCCN1S(=O)(=O)c1cc(N)cc(Br)c1F. The first-order chi connectivity index (χ1) is 9.78. The largest absolute Gasteiger partial charge is 0.468 e. The number of ether oxygens (including phenoxy) is 1. The van der Waals surface area contributed by atoms with E-state index in [-0.39, 0.29) is 16.7 Å². The molecule has 1 aliphatic rings. The average molecular weight is 381 g/mol. The van der Waals surface area contributed by atoms with Gasteiger partial charge in [0.2, 0.25) is 10.0 Å². The van der Waals surface area contributed by atoms with E-state index in [1.165, 1.54) is 13.2 Å². The van der Waals surface area contributed by atoms with Crippen LogP contribution in [0.4, 0.5) is 10.1 Å². The van der Waals surface area contributed by atoms with Gasteiger partial charge in [-0.3, -0.25) is 4.79 Å². The van der Waals surface area contributed by atoms with Crippen molar-refractivity contribution in [1.29, 1.82) is 0 Å². The summed E-state index contributed by atoms with van der Waals surface area (Å²) < 4.78 is 44.8. The standard InChI is InChI=1S/C12H14BrFN2O4S/c1-20-12(17)9-3-2-4-16(9)21(18,19)10-6-7(15)5-8(13)11(10)14/h5-6,9H,2-4,15H2,1H3. The molecule has 0 amide bonds. The number of halogens is 2. The number of hydrogen-bond donors (Lipinski definition) is 1. The third-order valence-corrected chi connectivity index (χ3v) is 5.77. The summed E-state index contributed by atoms with van der Waals surface area (Å²) in [6.07, 6.45) is 0.848. The first-order valence-corrected chi connectivity index (χ1v) is 8.36. The second-order valence-corrected chi connectivity index (χ2v) is 7.33. The van der Waals surface area contributed by atoms with E-state index in [1.54, 1.807) is 0 Å². The molecule has 6 nitrogen and oxygen atoms in total. The molecule has 0 saturated carbocycles. The molecule has 116 valence electrons. The minimum atomic E-state index is -4.17. The number of nitrogens with zero attached hydrogens (tertiary/aromatic N) is 1. The topological polar surface area (TPSA) is 89.7 Å². The smallest absolute Gasteiger partial charge is 0.324 e. The van der Waals surface area contributed by atoms with Gasteiger partial charge in [0.25, 0.3) is 0 Å². The number of esters is 1. The summed E-state index contributed by atoms with van der Waals surface area (Å²) in [5.41, 5.74) is 5.68. The fourth-order valence-corrected chi connectivity index (χ4v) is 4.68. The van der Waals surface area contributed by atoms with Crippen LogP contribution in [-0.4, -0.2) is 38.4 Å².